The lowest BCUT2D eigenvalue weighted by molar-refractivity contribution is -0.0686. The summed E-state index contributed by atoms with van der Waals surface area (Å²) in [4.78, 5) is 4.19. The highest BCUT2D eigenvalue weighted by atomic mass is 32.2. The fourth-order valence-electron chi connectivity index (χ4n) is 3.47. The summed E-state index contributed by atoms with van der Waals surface area (Å²) < 4.78 is 52.7. The maximum atomic E-state index is 13.0. The van der Waals surface area contributed by atoms with E-state index in [1.165, 1.54) is 0 Å². The van der Waals surface area contributed by atoms with Gasteiger partial charge >= 0.3 is 0 Å². The number of rotatable bonds is 3. The average Bonchev–Trinajstić information content (AvgIpc) is 3.07. The van der Waals surface area contributed by atoms with Crippen molar-refractivity contribution in [2.75, 3.05) is 0 Å². The third kappa shape index (κ3) is 2.35. The number of aromatic nitrogens is 3. The quantitative estimate of drug-likeness (QED) is 0.851. The van der Waals surface area contributed by atoms with E-state index in [0.29, 0.717) is 5.82 Å². The first kappa shape index (κ1) is 15.7. The number of hydrogen-bond donors (Lipinski definition) is 0. The number of nitrogens with zero attached hydrogens (tertiary/aromatic N) is 3. The van der Waals surface area contributed by atoms with Crippen LogP contribution in [0.25, 0.3) is 0 Å². The predicted octanol–water partition coefficient (Wildman–Crippen LogP) is 2.95. The molecule has 0 N–H and O–H groups in total. The van der Waals surface area contributed by atoms with Crippen LogP contribution in [0.2, 0.25) is 0 Å². The van der Waals surface area contributed by atoms with E-state index < -0.39 is 33.9 Å². The molecule has 1 aliphatic heterocycles. The Balaban J connectivity index is 1.69. The highest BCUT2D eigenvalue weighted by Crippen LogP contribution is 2.44. The van der Waals surface area contributed by atoms with Crippen LogP contribution >= 0.6 is 0 Å². The fourth-order valence-corrected chi connectivity index (χ4v) is 5.12. The zero-order valence-corrected chi connectivity index (χ0v) is 13.9. The minimum absolute atomic E-state index is 0.0643. The first-order valence-electron chi connectivity index (χ1n) is 7.91. The Hall–Kier alpha value is -1.83. The van der Waals surface area contributed by atoms with Crippen molar-refractivity contribution >= 4 is 9.84 Å². The third-order valence-corrected chi connectivity index (χ3v) is 6.77. The van der Waals surface area contributed by atoms with Crippen LogP contribution in [0.15, 0.2) is 35.5 Å². The Kier molecular flexibility index (Phi) is 3.32. The number of alkyl halides is 2. The Labute approximate surface area is 138 Å². The van der Waals surface area contributed by atoms with Crippen molar-refractivity contribution in [1.82, 2.24) is 14.8 Å². The maximum absolute atomic E-state index is 13.0. The monoisotopic (exact) mass is 353 g/mol. The fraction of sp³-hybridized carbons (Fsp3) is 0.500. The van der Waals surface area contributed by atoms with E-state index in [4.69, 9.17) is 0 Å². The predicted molar refractivity (Wildman–Crippen MR) is 82.8 cm³/mol. The molecule has 2 aliphatic rings. The molecule has 2 aromatic rings. The van der Waals surface area contributed by atoms with Gasteiger partial charge in [-0.1, -0.05) is 37.3 Å². The van der Waals surface area contributed by atoms with Gasteiger partial charge in [0.1, 0.15) is 5.82 Å². The van der Waals surface area contributed by atoms with E-state index >= 15 is 0 Å². The molecule has 128 valence electrons. The smallest absolute Gasteiger partial charge is 0.241 e. The van der Waals surface area contributed by atoms with Crippen LogP contribution in [0.1, 0.15) is 49.5 Å². The standard InChI is InChI=1S/C16H17F2N3O2S/c1-10-7-13(11-5-3-2-4-6-11)21-14(10)19-15(20-21)24(22,23)12-8-16(17,18)9-12/h2-6,10,12-13H,7-9H2,1H3/t10-,13-/m0/s1. The number of hydrogen-bond acceptors (Lipinski definition) is 4. The normalized spacial score (nSPS) is 26.1. The molecule has 0 radical (unpaired) electrons. The maximum Gasteiger partial charge on any atom is 0.267 e. The van der Waals surface area contributed by atoms with Gasteiger partial charge in [0.05, 0.1) is 11.3 Å². The van der Waals surface area contributed by atoms with Gasteiger partial charge in [0.15, 0.2) is 0 Å². The second-order valence-corrected chi connectivity index (χ2v) is 8.81. The van der Waals surface area contributed by atoms with Gasteiger partial charge in [-0.25, -0.2) is 26.9 Å². The van der Waals surface area contributed by atoms with Crippen molar-refractivity contribution in [3.8, 4) is 0 Å². The van der Waals surface area contributed by atoms with Gasteiger partial charge in [-0.2, -0.15) is 0 Å². The zero-order valence-electron chi connectivity index (χ0n) is 13.1. The average molecular weight is 353 g/mol. The van der Waals surface area contributed by atoms with Crippen LogP contribution in [0.5, 0.6) is 0 Å². The van der Waals surface area contributed by atoms with Crippen molar-refractivity contribution < 1.29 is 17.2 Å². The molecule has 2 heterocycles. The number of benzene rings is 1. The van der Waals surface area contributed by atoms with Gasteiger partial charge in [0, 0.05) is 18.8 Å². The SMILES string of the molecule is C[C@H]1C[C@@H](c2ccccc2)n2nc(S(=O)(=O)C3CC(F)(F)C3)nc21. The van der Waals surface area contributed by atoms with Gasteiger partial charge in [-0.15, -0.1) is 5.10 Å². The Morgan fingerprint density at radius 2 is 1.88 bits per heavy atom. The van der Waals surface area contributed by atoms with Crippen molar-refractivity contribution in [1.29, 1.82) is 0 Å². The van der Waals surface area contributed by atoms with Gasteiger partial charge < -0.3 is 0 Å². The summed E-state index contributed by atoms with van der Waals surface area (Å²) >= 11 is 0. The summed E-state index contributed by atoms with van der Waals surface area (Å²) in [5.74, 6) is -2.22. The summed E-state index contributed by atoms with van der Waals surface area (Å²) in [5.41, 5.74) is 1.03. The summed E-state index contributed by atoms with van der Waals surface area (Å²) in [5, 5.41) is 2.80. The molecule has 0 amide bonds. The lowest BCUT2D eigenvalue weighted by atomic mass is 9.94. The molecule has 0 unspecified atom stereocenters. The van der Waals surface area contributed by atoms with Gasteiger partial charge in [0.2, 0.25) is 9.84 Å². The summed E-state index contributed by atoms with van der Waals surface area (Å²) in [6, 6.07) is 9.61. The van der Waals surface area contributed by atoms with Crippen LogP contribution in [0.4, 0.5) is 8.78 Å². The van der Waals surface area contributed by atoms with Crippen LogP contribution in [0, 0.1) is 0 Å². The van der Waals surface area contributed by atoms with Crippen LogP contribution < -0.4 is 0 Å². The molecule has 1 fully saturated rings. The van der Waals surface area contributed by atoms with Gasteiger partial charge in [-0.3, -0.25) is 0 Å². The van der Waals surface area contributed by atoms with Crippen molar-refractivity contribution in [3.63, 3.8) is 0 Å². The lowest BCUT2D eigenvalue weighted by Crippen LogP contribution is -2.44. The first-order chi connectivity index (χ1) is 11.3. The molecule has 0 bridgehead atoms. The molecular formula is C16H17F2N3O2S. The number of sulfone groups is 1. The Morgan fingerprint density at radius 3 is 2.50 bits per heavy atom. The van der Waals surface area contributed by atoms with E-state index in [9.17, 15) is 17.2 Å². The molecule has 1 saturated carbocycles. The largest absolute Gasteiger partial charge is 0.267 e. The van der Waals surface area contributed by atoms with E-state index in [1.54, 1.807) is 4.68 Å². The second kappa shape index (κ2) is 5.08. The van der Waals surface area contributed by atoms with Crippen molar-refractivity contribution in [3.05, 3.63) is 41.7 Å². The topological polar surface area (TPSA) is 64.8 Å². The van der Waals surface area contributed by atoms with E-state index in [2.05, 4.69) is 10.1 Å². The molecule has 1 aromatic heterocycles. The summed E-state index contributed by atoms with van der Waals surface area (Å²) in [7, 11) is -3.90. The van der Waals surface area contributed by atoms with E-state index in [1.807, 2.05) is 37.3 Å². The molecule has 8 heteroatoms. The highest BCUT2D eigenvalue weighted by molar-refractivity contribution is 7.91. The number of halogens is 2. The first-order valence-corrected chi connectivity index (χ1v) is 9.46. The van der Waals surface area contributed by atoms with E-state index in [-0.39, 0.29) is 17.1 Å². The zero-order chi connectivity index (χ0) is 17.1. The van der Waals surface area contributed by atoms with Gasteiger partial charge in [-0.05, 0) is 12.0 Å². The molecule has 24 heavy (non-hydrogen) atoms. The highest BCUT2D eigenvalue weighted by Gasteiger charge is 2.53. The molecular weight excluding hydrogens is 336 g/mol. The Morgan fingerprint density at radius 1 is 1.21 bits per heavy atom. The minimum atomic E-state index is -3.90. The lowest BCUT2D eigenvalue weighted by Gasteiger charge is -2.33. The second-order valence-electron chi connectivity index (χ2n) is 6.69. The molecule has 1 aliphatic carbocycles. The van der Waals surface area contributed by atoms with Crippen molar-refractivity contribution in [2.24, 2.45) is 0 Å². The van der Waals surface area contributed by atoms with Gasteiger partial charge in [0.25, 0.3) is 11.1 Å². The molecule has 2 atom stereocenters. The minimum Gasteiger partial charge on any atom is -0.241 e. The van der Waals surface area contributed by atoms with Crippen molar-refractivity contribution in [2.45, 2.75) is 54.5 Å². The molecule has 0 spiro atoms. The molecule has 4 rings (SSSR count). The van der Waals surface area contributed by atoms with Crippen LogP contribution in [0.3, 0.4) is 0 Å². The number of fused-ring (bicyclic) bond motifs is 1. The Bertz CT molecular complexity index is 872. The third-order valence-electron chi connectivity index (χ3n) is 4.88. The summed E-state index contributed by atoms with van der Waals surface area (Å²) in [6.45, 7) is 1.97. The van der Waals surface area contributed by atoms with Crippen LogP contribution in [-0.2, 0) is 9.84 Å². The molecule has 1 aromatic carbocycles. The van der Waals surface area contributed by atoms with E-state index in [0.717, 1.165) is 12.0 Å². The molecule has 5 nitrogen and oxygen atoms in total. The molecule has 0 saturated heterocycles. The van der Waals surface area contributed by atoms with Crippen LogP contribution in [-0.4, -0.2) is 34.4 Å². The summed E-state index contributed by atoms with van der Waals surface area (Å²) in [6.07, 6.45) is -0.491.